The monoisotopic (exact) mass is 596 g/mol. The van der Waals surface area contributed by atoms with Gasteiger partial charge in [-0.2, -0.15) is 0 Å². The van der Waals surface area contributed by atoms with Gasteiger partial charge in [-0.05, 0) is 101 Å². The highest BCUT2D eigenvalue weighted by atomic mass is 16.3. The number of hydrogen-bond acceptors (Lipinski definition) is 1. The lowest BCUT2D eigenvalue weighted by atomic mass is 9.83. The lowest BCUT2D eigenvalue weighted by molar-refractivity contribution is 0.669. The van der Waals surface area contributed by atoms with Crippen LogP contribution in [0.15, 0.2) is 174 Å². The van der Waals surface area contributed by atoms with E-state index in [9.17, 15) is 0 Å². The normalized spacial score (nSPS) is 11.8. The van der Waals surface area contributed by atoms with Crippen LogP contribution >= 0.6 is 0 Å². The fourth-order valence-electron chi connectivity index (χ4n) is 7.73. The van der Waals surface area contributed by atoms with E-state index in [0.717, 1.165) is 21.9 Å². The molecule has 0 fully saturated rings. The van der Waals surface area contributed by atoms with Gasteiger partial charge in [-0.3, -0.25) is 0 Å². The van der Waals surface area contributed by atoms with E-state index in [-0.39, 0.29) is 0 Å². The molecule has 0 aliphatic heterocycles. The average molecular weight is 597 g/mol. The fraction of sp³-hybridized carbons (Fsp3) is 0. The molecule has 10 aromatic rings. The zero-order chi connectivity index (χ0) is 30.9. The van der Waals surface area contributed by atoms with Crippen molar-refractivity contribution in [3.05, 3.63) is 170 Å². The van der Waals surface area contributed by atoms with Gasteiger partial charge in [0.1, 0.15) is 11.2 Å². The molecule has 0 amide bonds. The summed E-state index contributed by atoms with van der Waals surface area (Å²) in [6.07, 6.45) is 0. The minimum Gasteiger partial charge on any atom is -0.456 e. The van der Waals surface area contributed by atoms with E-state index in [4.69, 9.17) is 4.42 Å². The second kappa shape index (κ2) is 10.2. The Morgan fingerprint density at radius 2 is 0.809 bits per heavy atom. The molecular formula is C46H28O. The molecule has 1 nitrogen and oxygen atoms in total. The van der Waals surface area contributed by atoms with Gasteiger partial charge in [-0.25, -0.2) is 0 Å². The highest BCUT2D eigenvalue weighted by molar-refractivity contribution is 6.27. The van der Waals surface area contributed by atoms with Crippen LogP contribution in [0.4, 0.5) is 0 Å². The van der Waals surface area contributed by atoms with Crippen molar-refractivity contribution in [3.8, 4) is 33.4 Å². The van der Waals surface area contributed by atoms with E-state index in [0.29, 0.717) is 0 Å². The van der Waals surface area contributed by atoms with Crippen molar-refractivity contribution < 1.29 is 4.42 Å². The van der Waals surface area contributed by atoms with Crippen LogP contribution in [0.3, 0.4) is 0 Å². The summed E-state index contributed by atoms with van der Waals surface area (Å²) >= 11 is 0. The number of rotatable bonds is 3. The summed E-state index contributed by atoms with van der Waals surface area (Å²) in [7, 11) is 0. The summed E-state index contributed by atoms with van der Waals surface area (Å²) in [5.74, 6) is 0. The number of furan rings is 1. The molecule has 0 N–H and O–H groups in total. The lowest BCUT2D eigenvalue weighted by Gasteiger charge is -2.19. The SMILES string of the molecule is c1ccc2cc(-c3ccc4cccc(-c5c6ccccc6c(-c6cccc7oc8ccccc8c67)c6ccccc56)c4c3)ccc2c1. The standard InChI is InChI=1S/C46H28O/c1-2-12-31-27-32(25-23-29(31)11-1)33-26-24-30-13-9-19-38(41(30)28-33)44-34-14-3-5-16-36(34)45(37-17-6-4-15-35(37)44)40-20-10-22-43-46(40)39-18-7-8-21-42(39)47-43/h1-28H. The minimum absolute atomic E-state index is 0.913. The van der Waals surface area contributed by atoms with Crippen LogP contribution < -0.4 is 0 Å². The molecule has 0 saturated carbocycles. The van der Waals surface area contributed by atoms with E-state index in [1.165, 1.54) is 76.5 Å². The molecule has 1 heterocycles. The van der Waals surface area contributed by atoms with Gasteiger partial charge >= 0.3 is 0 Å². The molecule has 0 spiro atoms. The van der Waals surface area contributed by atoms with Crippen LogP contribution in [-0.2, 0) is 0 Å². The summed E-state index contributed by atoms with van der Waals surface area (Å²) in [6, 6.07) is 61.6. The molecule has 1 heteroatoms. The molecule has 47 heavy (non-hydrogen) atoms. The first-order valence-electron chi connectivity index (χ1n) is 16.2. The van der Waals surface area contributed by atoms with Gasteiger partial charge in [-0.15, -0.1) is 0 Å². The molecule has 218 valence electrons. The predicted octanol–water partition coefficient (Wildman–Crippen LogP) is 13.2. The Kier molecular flexibility index (Phi) is 5.64. The molecule has 9 aromatic carbocycles. The fourth-order valence-corrected chi connectivity index (χ4v) is 7.73. The van der Waals surface area contributed by atoms with Gasteiger partial charge in [0.2, 0.25) is 0 Å². The number of hydrogen-bond donors (Lipinski definition) is 0. The zero-order valence-electron chi connectivity index (χ0n) is 25.6. The van der Waals surface area contributed by atoms with E-state index >= 15 is 0 Å². The topological polar surface area (TPSA) is 13.1 Å². The molecular weight excluding hydrogens is 569 g/mol. The van der Waals surface area contributed by atoms with Crippen LogP contribution in [0.2, 0.25) is 0 Å². The highest BCUT2D eigenvalue weighted by Gasteiger charge is 2.21. The Morgan fingerprint density at radius 1 is 0.298 bits per heavy atom. The van der Waals surface area contributed by atoms with Crippen molar-refractivity contribution >= 4 is 65.0 Å². The van der Waals surface area contributed by atoms with Gasteiger partial charge in [0.05, 0.1) is 0 Å². The van der Waals surface area contributed by atoms with Crippen molar-refractivity contribution in [2.75, 3.05) is 0 Å². The Hall–Kier alpha value is -6.18. The van der Waals surface area contributed by atoms with Gasteiger partial charge in [0.25, 0.3) is 0 Å². The maximum absolute atomic E-state index is 6.35. The summed E-state index contributed by atoms with van der Waals surface area (Å²) in [6.45, 7) is 0. The van der Waals surface area contributed by atoms with Gasteiger partial charge in [0, 0.05) is 10.8 Å². The van der Waals surface area contributed by atoms with Crippen molar-refractivity contribution in [1.82, 2.24) is 0 Å². The molecule has 10 rings (SSSR count). The van der Waals surface area contributed by atoms with Crippen molar-refractivity contribution in [1.29, 1.82) is 0 Å². The van der Waals surface area contributed by atoms with Crippen LogP contribution in [0.1, 0.15) is 0 Å². The van der Waals surface area contributed by atoms with E-state index in [1.807, 2.05) is 6.07 Å². The van der Waals surface area contributed by atoms with Crippen LogP contribution in [0.5, 0.6) is 0 Å². The van der Waals surface area contributed by atoms with Crippen LogP contribution in [-0.4, -0.2) is 0 Å². The number of para-hydroxylation sites is 1. The Morgan fingerprint density at radius 3 is 1.55 bits per heavy atom. The smallest absolute Gasteiger partial charge is 0.136 e. The Balaban J connectivity index is 1.29. The number of benzene rings is 9. The quantitative estimate of drug-likeness (QED) is 0.185. The maximum atomic E-state index is 6.35. The second-order valence-corrected chi connectivity index (χ2v) is 12.4. The molecule has 0 radical (unpaired) electrons. The third kappa shape index (κ3) is 3.97. The zero-order valence-corrected chi connectivity index (χ0v) is 25.6. The molecule has 0 atom stereocenters. The van der Waals surface area contributed by atoms with Gasteiger partial charge in [-0.1, -0.05) is 146 Å². The maximum Gasteiger partial charge on any atom is 0.136 e. The lowest BCUT2D eigenvalue weighted by Crippen LogP contribution is -1.92. The van der Waals surface area contributed by atoms with Crippen molar-refractivity contribution in [3.63, 3.8) is 0 Å². The van der Waals surface area contributed by atoms with Crippen LogP contribution in [0, 0.1) is 0 Å². The second-order valence-electron chi connectivity index (χ2n) is 12.4. The Bertz CT molecular complexity index is 2800. The first-order chi connectivity index (χ1) is 23.3. The summed E-state index contributed by atoms with van der Waals surface area (Å²) < 4.78 is 6.35. The third-order valence-electron chi connectivity index (χ3n) is 9.84. The van der Waals surface area contributed by atoms with Gasteiger partial charge in [0.15, 0.2) is 0 Å². The summed E-state index contributed by atoms with van der Waals surface area (Å²) in [5, 5.41) is 12.3. The first kappa shape index (κ1) is 26.1. The van der Waals surface area contributed by atoms with Crippen LogP contribution in [0.25, 0.3) is 98.4 Å². The molecule has 0 bridgehead atoms. The minimum atomic E-state index is 0.913. The van der Waals surface area contributed by atoms with Crippen molar-refractivity contribution in [2.24, 2.45) is 0 Å². The number of fused-ring (bicyclic) bond motifs is 7. The van der Waals surface area contributed by atoms with Gasteiger partial charge < -0.3 is 4.42 Å². The molecule has 0 aliphatic rings. The molecule has 0 saturated heterocycles. The van der Waals surface area contributed by atoms with Crippen molar-refractivity contribution in [2.45, 2.75) is 0 Å². The largest absolute Gasteiger partial charge is 0.456 e. The first-order valence-corrected chi connectivity index (χ1v) is 16.2. The van der Waals surface area contributed by atoms with E-state index < -0.39 is 0 Å². The summed E-state index contributed by atoms with van der Waals surface area (Å²) in [4.78, 5) is 0. The van der Waals surface area contributed by atoms with E-state index in [1.54, 1.807) is 0 Å². The molecule has 0 unspecified atom stereocenters. The average Bonchev–Trinajstić information content (AvgIpc) is 3.52. The Labute approximate surface area is 271 Å². The summed E-state index contributed by atoms with van der Waals surface area (Å²) in [5.41, 5.74) is 9.23. The predicted molar refractivity (Wildman–Crippen MR) is 200 cm³/mol. The molecule has 1 aromatic heterocycles. The third-order valence-corrected chi connectivity index (χ3v) is 9.84. The molecule has 0 aliphatic carbocycles. The highest BCUT2D eigenvalue weighted by Crippen LogP contribution is 2.48. The van der Waals surface area contributed by atoms with E-state index in [2.05, 4.69) is 164 Å².